The van der Waals surface area contributed by atoms with E-state index in [1.54, 1.807) is 6.07 Å². The Balaban J connectivity index is 1.94. The normalized spacial score (nSPS) is 18.6. The van der Waals surface area contributed by atoms with Crippen molar-refractivity contribution in [3.63, 3.8) is 0 Å². The molecule has 0 radical (unpaired) electrons. The molecule has 1 unspecified atom stereocenters. The zero-order valence-corrected chi connectivity index (χ0v) is 15.3. The number of hydrogen-bond donors (Lipinski definition) is 1. The minimum atomic E-state index is -3.01. The molecule has 0 bridgehead atoms. The minimum Gasteiger partial charge on any atom is -0.468 e. The second kappa shape index (κ2) is 7.21. The quantitative estimate of drug-likeness (QED) is 0.526. The summed E-state index contributed by atoms with van der Waals surface area (Å²) >= 11 is 0. The van der Waals surface area contributed by atoms with Crippen LogP contribution in [-0.4, -0.2) is 39.7 Å². The number of fused-ring (bicyclic) bond motifs is 1. The molecule has 9 nitrogen and oxygen atoms in total. The van der Waals surface area contributed by atoms with Gasteiger partial charge in [0.25, 0.3) is 0 Å². The summed E-state index contributed by atoms with van der Waals surface area (Å²) in [6.07, 6.45) is 0.921. The van der Waals surface area contributed by atoms with E-state index in [0.717, 1.165) is 30.8 Å². The molecule has 1 aromatic carbocycles. The van der Waals surface area contributed by atoms with E-state index in [4.69, 9.17) is 14.3 Å². The van der Waals surface area contributed by atoms with Gasteiger partial charge in [0, 0.05) is 10.6 Å². The standard InChI is InChI=1S/C19H20FN7O2/c1-4-26-16(21-11-22-26)10-29-18-13(19(2,3)28)9-15-23-24-17(27(15)25-18)12-7-5-6-8-14(12)20/h5-9,11,28H,4,10H2,1-3H3/i2D3,4D2,10D2. The molecule has 29 heavy (non-hydrogen) atoms. The van der Waals surface area contributed by atoms with Crippen molar-refractivity contribution < 1.29 is 23.8 Å². The van der Waals surface area contributed by atoms with Gasteiger partial charge in [-0.2, -0.15) is 9.61 Å². The van der Waals surface area contributed by atoms with E-state index in [2.05, 4.69) is 25.4 Å². The molecule has 3 aromatic heterocycles. The lowest BCUT2D eigenvalue weighted by Gasteiger charge is -2.20. The van der Waals surface area contributed by atoms with Crippen LogP contribution in [-0.2, 0) is 18.7 Å². The molecule has 0 aliphatic heterocycles. The Bertz CT molecular complexity index is 1430. The molecule has 0 fully saturated rings. The second-order valence-electron chi connectivity index (χ2n) is 6.13. The molecule has 0 amide bonds. The SMILES string of the molecule is [2H]C([2H])(Oc1nn2c(-c3ccccc3F)nnc2cc1C(C)(O)C([2H])([2H])[2H])c1ncnn1C([2H])([2H])C. The van der Waals surface area contributed by atoms with E-state index < -0.39 is 48.6 Å². The van der Waals surface area contributed by atoms with E-state index in [1.807, 2.05) is 0 Å². The first kappa shape index (κ1) is 12.2. The fourth-order valence-corrected chi connectivity index (χ4v) is 2.62. The number of halogens is 1. The number of hydrogen-bond acceptors (Lipinski definition) is 7. The van der Waals surface area contributed by atoms with Crippen LogP contribution in [0.4, 0.5) is 4.39 Å². The molecule has 4 rings (SSSR count). The summed E-state index contributed by atoms with van der Waals surface area (Å²) in [6, 6.07) is 6.70. The average molecular weight is 404 g/mol. The summed E-state index contributed by atoms with van der Waals surface area (Å²) in [5.41, 5.74) is -3.13. The summed E-state index contributed by atoms with van der Waals surface area (Å²) in [5.74, 6) is -2.03. The Morgan fingerprint density at radius 3 is 2.93 bits per heavy atom. The molecule has 0 aliphatic rings. The largest absolute Gasteiger partial charge is 0.468 e. The third-order valence-corrected chi connectivity index (χ3v) is 4.00. The van der Waals surface area contributed by atoms with Gasteiger partial charge in [0.05, 0.1) is 22.2 Å². The maximum Gasteiger partial charge on any atom is 0.238 e. The third kappa shape index (κ3) is 3.54. The fraction of sp³-hybridized carbons (Fsp3) is 0.316. The lowest BCUT2D eigenvalue weighted by atomic mass is 10.0. The van der Waals surface area contributed by atoms with Crippen LogP contribution in [0.1, 0.15) is 41.7 Å². The Morgan fingerprint density at radius 2 is 2.17 bits per heavy atom. The zero-order chi connectivity index (χ0) is 26.7. The van der Waals surface area contributed by atoms with Crippen LogP contribution in [0.2, 0.25) is 0 Å². The van der Waals surface area contributed by atoms with E-state index in [9.17, 15) is 9.50 Å². The number of benzene rings is 1. The maximum atomic E-state index is 14.5. The predicted molar refractivity (Wildman–Crippen MR) is 101 cm³/mol. The van der Waals surface area contributed by atoms with Crippen LogP contribution in [0.15, 0.2) is 36.7 Å². The molecular formula is C19H20FN7O2. The van der Waals surface area contributed by atoms with Gasteiger partial charge in [-0.05, 0) is 38.9 Å². The van der Waals surface area contributed by atoms with Crippen molar-refractivity contribution in [3.05, 3.63) is 53.9 Å². The highest BCUT2D eigenvalue weighted by Crippen LogP contribution is 2.31. The molecule has 0 saturated carbocycles. The van der Waals surface area contributed by atoms with Crippen LogP contribution < -0.4 is 4.74 Å². The van der Waals surface area contributed by atoms with Gasteiger partial charge in [0.15, 0.2) is 17.3 Å². The molecule has 0 saturated heterocycles. The molecule has 10 heteroatoms. The maximum absolute atomic E-state index is 14.5. The summed E-state index contributed by atoms with van der Waals surface area (Å²) in [4.78, 5) is 3.75. The van der Waals surface area contributed by atoms with Crippen LogP contribution in [0.5, 0.6) is 5.88 Å². The van der Waals surface area contributed by atoms with Crippen LogP contribution in [0.3, 0.4) is 0 Å². The summed E-state index contributed by atoms with van der Waals surface area (Å²) in [5, 5.41) is 26.5. The Labute approximate surface area is 175 Å². The third-order valence-electron chi connectivity index (χ3n) is 4.00. The van der Waals surface area contributed by atoms with Gasteiger partial charge in [0.1, 0.15) is 18.7 Å². The fourth-order valence-electron chi connectivity index (χ4n) is 2.62. The average Bonchev–Trinajstić information content (AvgIpc) is 3.40. The Hall–Kier alpha value is -3.40. The molecule has 0 spiro atoms. The van der Waals surface area contributed by atoms with Crippen molar-refractivity contribution in [2.24, 2.45) is 0 Å². The minimum absolute atomic E-state index is 0.000661. The number of rotatable bonds is 6. The summed E-state index contributed by atoms with van der Waals surface area (Å²) < 4.78 is 77.4. The topological polar surface area (TPSA) is 103 Å². The zero-order valence-electron chi connectivity index (χ0n) is 22.3. The van der Waals surface area contributed by atoms with Crippen LogP contribution >= 0.6 is 0 Å². The summed E-state index contributed by atoms with van der Waals surface area (Å²) in [7, 11) is 0. The number of aryl methyl sites for hydroxylation is 1. The van der Waals surface area contributed by atoms with E-state index in [0.29, 0.717) is 4.68 Å². The van der Waals surface area contributed by atoms with Gasteiger partial charge >= 0.3 is 0 Å². The number of ether oxygens (including phenoxy) is 1. The first-order valence-electron chi connectivity index (χ1n) is 11.9. The first-order chi connectivity index (χ1) is 16.5. The van der Waals surface area contributed by atoms with Gasteiger partial charge < -0.3 is 9.84 Å². The Kier molecular flexibility index (Phi) is 3.04. The van der Waals surface area contributed by atoms with E-state index >= 15 is 0 Å². The second-order valence-corrected chi connectivity index (χ2v) is 6.13. The lowest BCUT2D eigenvalue weighted by Crippen LogP contribution is -2.20. The van der Waals surface area contributed by atoms with Crippen molar-refractivity contribution in [1.29, 1.82) is 0 Å². The van der Waals surface area contributed by atoms with Crippen molar-refractivity contribution >= 4 is 5.65 Å². The monoisotopic (exact) mass is 404 g/mol. The molecule has 1 atom stereocenters. The van der Waals surface area contributed by atoms with Crippen molar-refractivity contribution in [1.82, 2.24) is 34.6 Å². The van der Waals surface area contributed by atoms with Crippen molar-refractivity contribution in [2.75, 3.05) is 0 Å². The van der Waals surface area contributed by atoms with Gasteiger partial charge in [-0.1, -0.05) is 12.1 Å². The van der Waals surface area contributed by atoms with Crippen LogP contribution in [0, 0.1) is 5.82 Å². The molecule has 150 valence electrons. The molecule has 0 aliphatic carbocycles. The highest BCUT2D eigenvalue weighted by atomic mass is 19.1. The molecule has 3 heterocycles. The molecule has 1 N–H and O–H groups in total. The van der Waals surface area contributed by atoms with Crippen LogP contribution in [0.25, 0.3) is 17.0 Å². The van der Waals surface area contributed by atoms with Gasteiger partial charge in [0.2, 0.25) is 5.88 Å². The molecular weight excluding hydrogens is 377 g/mol. The number of aromatic nitrogens is 7. The number of aliphatic hydroxyl groups is 1. The van der Waals surface area contributed by atoms with E-state index in [-0.39, 0.29) is 17.0 Å². The molecule has 4 aromatic rings. The van der Waals surface area contributed by atoms with Gasteiger partial charge in [-0.15, -0.1) is 15.3 Å². The highest BCUT2D eigenvalue weighted by Gasteiger charge is 2.26. The van der Waals surface area contributed by atoms with Gasteiger partial charge in [-0.25, -0.2) is 14.1 Å². The number of nitrogens with zero attached hydrogens (tertiary/aromatic N) is 7. The predicted octanol–water partition coefficient (Wildman–Crippen LogP) is 2.35. The van der Waals surface area contributed by atoms with Crippen molar-refractivity contribution in [2.45, 2.75) is 39.4 Å². The highest BCUT2D eigenvalue weighted by molar-refractivity contribution is 5.60. The Morgan fingerprint density at radius 1 is 1.34 bits per heavy atom. The van der Waals surface area contributed by atoms with E-state index in [1.165, 1.54) is 18.2 Å². The van der Waals surface area contributed by atoms with Gasteiger partial charge in [-0.3, -0.25) is 0 Å². The van der Waals surface area contributed by atoms with Crippen molar-refractivity contribution in [3.8, 4) is 17.3 Å². The lowest BCUT2D eigenvalue weighted by molar-refractivity contribution is 0.0729. The first-order valence-corrected chi connectivity index (χ1v) is 8.38. The summed E-state index contributed by atoms with van der Waals surface area (Å²) in [6.45, 7) is -6.00. The smallest absolute Gasteiger partial charge is 0.238 e.